The molecule has 4 heterocycles. The van der Waals surface area contributed by atoms with Gasteiger partial charge in [-0.25, -0.2) is 4.98 Å². The maximum Gasteiger partial charge on any atom is 0.172 e. The topological polar surface area (TPSA) is 47.5 Å². The molecule has 5 nitrogen and oxygen atoms in total. The summed E-state index contributed by atoms with van der Waals surface area (Å²) in [6.07, 6.45) is 3.59. The lowest BCUT2D eigenvalue weighted by molar-refractivity contribution is 0.360. The van der Waals surface area contributed by atoms with E-state index < -0.39 is 0 Å². The minimum atomic E-state index is -0.116. The summed E-state index contributed by atoms with van der Waals surface area (Å²) in [5.41, 5.74) is 9.45. The van der Waals surface area contributed by atoms with Crippen LogP contribution in [0.15, 0.2) is 128 Å². The Morgan fingerprint density at radius 1 is 0.571 bits per heavy atom. The van der Waals surface area contributed by atoms with Crippen molar-refractivity contribution in [1.82, 2.24) is 9.97 Å². The van der Waals surface area contributed by atoms with Crippen molar-refractivity contribution >= 4 is 17.1 Å². The van der Waals surface area contributed by atoms with E-state index in [1.54, 1.807) is 6.20 Å². The van der Waals surface area contributed by atoms with Crippen molar-refractivity contribution in [3.63, 3.8) is 0 Å². The number of benzene rings is 4. The number of rotatable bonds is 3. The van der Waals surface area contributed by atoms with E-state index >= 15 is 0 Å². The molecule has 0 saturated carbocycles. The van der Waals surface area contributed by atoms with Crippen molar-refractivity contribution in [2.75, 3.05) is 4.90 Å². The smallest absolute Gasteiger partial charge is 0.172 e. The van der Waals surface area contributed by atoms with Gasteiger partial charge in [-0.05, 0) is 77.9 Å². The number of hydrogen-bond acceptors (Lipinski definition) is 5. The molecule has 8 rings (SSSR count). The van der Waals surface area contributed by atoms with Crippen molar-refractivity contribution in [1.29, 1.82) is 0 Å². The molecular weight excluding hydrogens is 518 g/mol. The van der Waals surface area contributed by atoms with Crippen LogP contribution in [0.3, 0.4) is 0 Å². The summed E-state index contributed by atoms with van der Waals surface area (Å²) in [6, 6.07) is 39.3. The second-order valence-electron chi connectivity index (χ2n) is 11.1. The molecule has 0 atom stereocenters. The third kappa shape index (κ3) is 3.85. The van der Waals surface area contributed by atoms with E-state index in [-0.39, 0.29) is 5.41 Å². The Morgan fingerprint density at radius 2 is 1.21 bits per heavy atom. The zero-order valence-corrected chi connectivity index (χ0v) is 23.3. The molecule has 0 radical (unpaired) electrons. The molecule has 4 aromatic carbocycles. The van der Waals surface area contributed by atoms with Crippen LogP contribution in [0, 0.1) is 0 Å². The Labute approximate surface area is 244 Å². The molecule has 0 aliphatic carbocycles. The highest BCUT2D eigenvalue weighted by atomic mass is 16.6. The molecule has 202 valence electrons. The fourth-order valence-electron chi connectivity index (χ4n) is 6.09. The fourth-order valence-corrected chi connectivity index (χ4v) is 6.09. The quantitative estimate of drug-likeness (QED) is 0.221. The molecule has 0 spiro atoms. The van der Waals surface area contributed by atoms with E-state index in [2.05, 4.69) is 84.4 Å². The van der Waals surface area contributed by atoms with E-state index in [0.29, 0.717) is 23.0 Å². The summed E-state index contributed by atoms with van der Waals surface area (Å²) in [4.78, 5) is 11.4. The van der Waals surface area contributed by atoms with Crippen LogP contribution < -0.4 is 14.4 Å². The summed E-state index contributed by atoms with van der Waals surface area (Å²) in [7, 11) is 0. The molecule has 6 aromatic rings. The molecule has 0 unspecified atom stereocenters. The van der Waals surface area contributed by atoms with Crippen LogP contribution in [-0.2, 0) is 5.41 Å². The monoisotopic (exact) mass is 545 g/mol. The Balaban J connectivity index is 1.17. The molecule has 42 heavy (non-hydrogen) atoms. The SMILES string of the molecule is CC1(C)c2ccccc2N(c2ccc3c(c2)Oc2cc(-c4cccc(-c5cccnc5)n4)ccc2O3)c2ccccc21. The molecule has 2 aromatic heterocycles. The fraction of sp³-hybridized carbons (Fsp3) is 0.0811. The number of ether oxygens (including phenoxy) is 2. The molecular formula is C37H27N3O2. The van der Waals surface area contributed by atoms with Gasteiger partial charge in [-0.3, -0.25) is 4.98 Å². The molecule has 0 fully saturated rings. The van der Waals surface area contributed by atoms with Gasteiger partial charge in [0.05, 0.1) is 28.5 Å². The van der Waals surface area contributed by atoms with Gasteiger partial charge in [-0.15, -0.1) is 0 Å². The summed E-state index contributed by atoms with van der Waals surface area (Å²) in [5, 5.41) is 0. The van der Waals surface area contributed by atoms with Gasteiger partial charge in [0.15, 0.2) is 23.0 Å². The molecule has 2 aliphatic heterocycles. The number of pyridine rings is 2. The number of fused-ring (bicyclic) bond motifs is 4. The predicted octanol–water partition coefficient (Wildman–Crippen LogP) is 9.82. The Morgan fingerprint density at radius 3 is 1.93 bits per heavy atom. The zero-order valence-electron chi connectivity index (χ0n) is 23.3. The number of hydrogen-bond donors (Lipinski definition) is 0. The van der Waals surface area contributed by atoms with Gasteiger partial charge in [0.2, 0.25) is 0 Å². The first-order valence-electron chi connectivity index (χ1n) is 14.1. The lowest BCUT2D eigenvalue weighted by Gasteiger charge is -2.42. The zero-order chi connectivity index (χ0) is 28.3. The first kappa shape index (κ1) is 24.4. The first-order chi connectivity index (χ1) is 20.6. The van der Waals surface area contributed by atoms with E-state index in [0.717, 1.165) is 28.2 Å². The van der Waals surface area contributed by atoms with E-state index in [1.165, 1.54) is 22.5 Å². The van der Waals surface area contributed by atoms with E-state index in [9.17, 15) is 0 Å². The minimum Gasteiger partial charge on any atom is -0.450 e. The van der Waals surface area contributed by atoms with Crippen molar-refractivity contribution in [3.8, 4) is 45.5 Å². The van der Waals surface area contributed by atoms with Gasteiger partial charge in [0, 0.05) is 35.0 Å². The van der Waals surface area contributed by atoms with Crippen LogP contribution in [0.1, 0.15) is 25.0 Å². The molecule has 2 aliphatic rings. The van der Waals surface area contributed by atoms with Crippen LogP contribution >= 0.6 is 0 Å². The molecule has 0 saturated heterocycles. The Kier molecular flexibility index (Phi) is 5.41. The molecule has 5 heteroatoms. The molecule has 0 N–H and O–H groups in total. The Bertz CT molecular complexity index is 1930. The van der Waals surface area contributed by atoms with Crippen molar-refractivity contribution in [2.45, 2.75) is 19.3 Å². The van der Waals surface area contributed by atoms with Crippen molar-refractivity contribution < 1.29 is 9.47 Å². The van der Waals surface area contributed by atoms with Gasteiger partial charge >= 0.3 is 0 Å². The van der Waals surface area contributed by atoms with Gasteiger partial charge in [0.25, 0.3) is 0 Å². The lowest BCUT2D eigenvalue weighted by Crippen LogP contribution is -2.30. The third-order valence-corrected chi connectivity index (χ3v) is 8.21. The number of nitrogens with zero attached hydrogens (tertiary/aromatic N) is 3. The van der Waals surface area contributed by atoms with Gasteiger partial charge in [-0.1, -0.05) is 56.3 Å². The summed E-state index contributed by atoms with van der Waals surface area (Å²) < 4.78 is 12.8. The molecule has 0 bridgehead atoms. The van der Waals surface area contributed by atoms with Crippen LogP contribution in [-0.4, -0.2) is 9.97 Å². The van der Waals surface area contributed by atoms with Gasteiger partial charge in [-0.2, -0.15) is 0 Å². The molecule has 0 amide bonds. The second kappa shape index (κ2) is 9.32. The Hall–Kier alpha value is -5.42. The van der Waals surface area contributed by atoms with E-state index in [1.807, 2.05) is 60.8 Å². The van der Waals surface area contributed by atoms with Crippen LogP contribution in [0.5, 0.6) is 23.0 Å². The highest BCUT2D eigenvalue weighted by molar-refractivity contribution is 5.86. The average Bonchev–Trinajstić information content (AvgIpc) is 3.04. The summed E-state index contributed by atoms with van der Waals surface area (Å²) >= 11 is 0. The first-order valence-corrected chi connectivity index (χ1v) is 14.1. The maximum absolute atomic E-state index is 6.51. The predicted molar refractivity (Wildman–Crippen MR) is 166 cm³/mol. The minimum absolute atomic E-state index is 0.116. The van der Waals surface area contributed by atoms with Gasteiger partial charge < -0.3 is 14.4 Å². The maximum atomic E-state index is 6.51. The van der Waals surface area contributed by atoms with Crippen LogP contribution in [0.2, 0.25) is 0 Å². The number of para-hydroxylation sites is 2. The highest BCUT2D eigenvalue weighted by Gasteiger charge is 2.36. The van der Waals surface area contributed by atoms with Gasteiger partial charge in [0.1, 0.15) is 0 Å². The van der Waals surface area contributed by atoms with Crippen LogP contribution in [0.25, 0.3) is 22.5 Å². The van der Waals surface area contributed by atoms with Crippen molar-refractivity contribution in [3.05, 3.63) is 139 Å². The normalized spacial score (nSPS) is 14.0. The summed E-state index contributed by atoms with van der Waals surface area (Å²) in [6.45, 7) is 4.59. The number of anilines is 3. The average molecular weight is 546 g/mol. The van der Waals surface area contributed by atoms with E-state index in [4.69, 9.17) is 14.5 Å². The lowest BCUT2D eigenvalue weighted by atomic mass is 9.73. The van der Waals surface area contributed by atoms with Crippen LogP contribution in [0.4, 0.5) is 17.1 Å². The third-order valence-electron chi connectivity index (χ3n) is 8.21. The summed E-state index contributed by atoms with van der Waals surface area (Å²) in [5.74, 6) is 2.70. The van der Waals surface area contributed by atoms with Crippen molar-refractivity contribution in [2.24, 2.45) is 0 Å². The second-order valence-corrected chi connectivity index (χ2v) is 11.1. The standard InChI is InChI=1S/C37H27N3O2/c1-37(2)27-10-3-5-14-31(27)40(32-15-6-4-11-28(32)37)26-17-19-34-36(22-26)42-35-21-24(16-18-33(35)41-34)29-12-7-13-30(39-29)25-9-8-20-38-23-25/h3-23H,1-2H3. The largest absolute Gasteiger partial charge is 0.450 e. The highest BCUT2D eigenvalue weighted by Crippen LogP contribution is 2.54. The number of aromatic nitrogens is 2.